The van der Waals surface area contributed by atoms with Crippen molar-refractivity contribution in [2.45, 2.75) is 13.5 Å². The van der Waals surface area contributed by atoms with E-state index in [9.17, 15) is 4.79 Å². The first kappa shape index (κ1) is 17.9. The maximum Gasteiger partial charge on any atom is 0.341 e. The Morgan fingerprint density at radius 1 is 1.27 bits per heavy atom. The van der Waals surface area contributed by atoms with E-state index < -0.39 is 0 Å². The normalized spacial score (nSPS) is 10.6. The van der Waals surface area contributed by atoms with E-state index in [-0.39, 0.29) is 5.97 Å². The number of ether oxygens (including phenoxy) is 2. The Morgan fingerprint density at radius 3 is 2.85 bits per heavy atom. The summed E-state index contributed by atoms with van der Waals surface area (Å²) in [5.74, 6) is 0.134. The highest BCUT2D eigenvalue weighted by molar-refractivity contribution is 6.30. The van der Waals surface area contributed by atoms with Gasteiger partial charge in [0.2, 0.25) is 5.88 Å². The van der Waals surface area contributed by atoms with Crippen molar-refractivity contribution in [3.63, 3.8) is 0 Å². The molecule has 0 N–H and O–H groups in total. The molecule has 0 atom stereocenters. The lowest BCUT2D eigenvalue weighted by Gasteiger charge is -2.10. The lowest BCUT2D eigenvalue weighted by atomic mass is 10.1. The largest absolute Gasteiger partial charge is 0.481 e. The number of hydrogen-bond donors (Lipinski definition) is 0. The molecule has 0 unspecified atom stereocenters. The number of nitrogens with zero attached hydrogens (tertiary/aromatic N) is 3. The molecule has 0 aliphatic heterocycles. The summed E-state index contributed by atoms with van der Waals surface area (Å²) in [7, 11) is 1.58. The molecule has 0 fully saturated rings. The van der Waals surface area contributed by atoms with Crippen molar-refractivity contribution in [1.29, 1.82) is 0 Å². The first-order valence-electron chi connectivity index (χ1n) is 8.09. The molecule has 26 heavy (non-hydrogen) atoms. The van der Waals surface area contributed by atoms with Crippen molar-refractivity contribution >= 4 is 17.6 Å². The van der Waals surface area contributed by atoms with Gasteiger partial charge in [-0.3, -0.25) is 4.68 Å². The summed E-state index contributed by atoms with van der Waals surface area (Å²) >= 11 is 6.10. The van der Waals surface area contributed by atoms with Gasteiger partial charge in [0, 0.05) is 23.0 Å². The molecule has 0 saturated carbocycles. The molecule has 0 saturated heterocycles. The molecule has 134 valence electrons. The highest BCUT2D eigenvalue weighted by Crippen LogP contribution is 2.30. The number of halogens is 1. The monoisotopic (exact) mass is 371 g/mol. The Kier molecular flexibility index (Phi) is 5.53. The van der Waals surface area contributed by atoms with E-state index in [2.05, 4.69) is 10.1 Å². The van der Waals surface area contributed by atoms with Crippen molar-refractivity contribution < 1.29 is 14.3 Å². The lowest BCUT2D eigenvalue weighted by molar-refractivity contribution is 0.0526. The minimum absolute atomic E-state index is 0.329. The molecule has 1 aromatic carbocycles. The predicted octanol–water partition coefficient (Wildman–Crippen LogP) is 3.83. The van der Waals surface area contributed by atoms with Crippen LogP contribution in [0, 0.1) is 0 Å². The van der Waals surface area contributed by atoms with Crippen LogP contribution >= 0.6 is 11.6 Å². The molecule has 6 nitrogen and oxygen atoms in total. The van der Waals surface area contributed by atoms with Crippen LogP contribution in [0.1, 0.15) is 22.8 Å². The Hall–Kier alpha value is -2.86. The average Bonchev–Trinajstić information content (AvgIpc) is 3.10. The van der Waals surface area contributed by atoms with Gasteiger partial charge in [0.1, 0.15) is 0 Å². The zero-order valence-electron chi connectivity index (χ0n) is 14.5. The Labute approximate surface area is 156 Å². The summed E-state index contributed by atoms with van der Waals surface area (Å²) in [4.78, 5) is 16.1. The van der Waals surface area contributed by atoms with Gasteiger partial charge in [0.25, 0.3) is 0 Å². The summed E-state index contributed by atoms with van der Waals surface area (Å²) in [6.45, 7) is 2.56. The second-order valence-electron chi connectivity index (χ2n) is 5.56. The fraction of sp³-hybridized carbons (Fsp3) is 0.211. The van der Waals surface area contributed by atoms with Crippen LogP contribution in [0.2, 0.25) is 5.02 Å². The molecule has 0 bridgehead atoms. The van der Waals surface area contributed by atoms with E-state index in [4.69, 9.17) is 21.1 Å². The van der Waals surface area contributed by atoms with E-state index >= 15 is 0 Å². The minimum Gasteiger partial charge on any atom is -0.481 e. The fourth-order valence-electron chi connectivity index (χ4n) is 2.56. The van der Waals surface area contributed by atoms with Gasteiger partial charge < -0.3 is 9.47 Å². The average molecular weight is 372 g/mol. The predicted molar refractivity (Wildman–Crippen MR) is 98.5 cm³/mol. The smallest absolute Gasteiger partial charge is 0.341 e. The van der Waals surface area contributed by atoms with E-state index in [1.165, 1.54) is 6.20 Å². The van der Waals surface area contributed by atoms with Gasteiger partial charge in [-0.15, -0.1) is 0 Å². The Balaban J connectivity index is 1.87. The van der Waals surface area contributed by atoms with Crippen molar-refractivity contribution in [2.24, 2.45) is 0 Å². The van der Waals surface area contributed by atoms with E-state index in [1.807, 2.05) is 30.3 Å². The van der Waals surface area contributed by atoms with Crippen LogP contribution in [-0.2, 0) is 11.3 Å². The van der Waals surface area contributed by atoms with Crippen molar-refractivity contribution in [1.82, 2.24) is 14.8 Å². The maximum absolute atomic E-state index is 11.7. The van der Waals surface area contributed by atoms with E-state index in [1.54, 1.807) is 31.1 Å². The van der Waals surface area contributed by atoms with Crippen LogP contribution in [0.25, 0.3) is 11.1 Å². The number of esters is 1. The molecule has 3 rings (SSSR count). The molecule has 0 radical (unpaired) electrons. The summed E-state index contributed by atoms with van der Waals surface area (Å²) in [5.41, 5.74) is 3.09. The summed E-state index contributed by atoms with van der Waals surface area (Å²) in [6, 6.07) is 9.47. The van der Waals surface area contributed by atoms with E-state index in [0.29, 0.717) is 29.6 Å². The third-order valence-corrected chi connectivity index (χ3v) is 3.96. The molecule has 2 heterocycles. The number of methoxy groups -OCH3 is 1. The van der Waals surface area contributed by atoms with Gasteiger partial charge in [-0.25, -0.2) is 9.78 Å². The quantitative estimate of drug-likeness (QED) is 0.616. The van der Waals surface area contributed by atoms with Crippen LogP contribution < -0.4 is 4.74 Å². The second kappa shape index (κ2) is 8.01. The first-order valence-corrected chi connectivity index (χ1v) is 8.47. The zero-order chi connectivity index (χ0) is 18.5. The van der Waals surface area contributed by atoms with Crippen LogP contribution in [0.4, 0.5) is 0 Å². The number of carbonyl (C=O) groups is 1. The number of carbonyl (C=O) groups excluding carboxylic acids is 1. The van der Waals surface area contributed by atoms with Gasteiger partial charge in [0.15, 0.2) is 0 Å². The fourth-order valence-corrected chi connectivity index (χ4v) is 2.75. The third kappa shape index (κ3) is 4.03. The van der Waals surface area contributed by atoms with Crippen molar-refractivity contribution in [2.75, 3.05) is 13.7 Å². The van der Waals surface area contributed by atoms with Crippen LogP contribution in [0.3, 0.4) is 0 Å². The molecule has 7 heteroatoms. The number of pyridine rings is 1. The van der Waals surface area contributed by atoms with Crippen LogP contribution in [0.5, 0.6) is 5.88 Å². The van der Waals surface area contributed by atoms with Gasteiger partial charge in [0.05, 0.1) is 32.0 Å². The van der Waals surface area contributed by atoms with Crippen LogP contribution in [0.15, 0.2) is 48.9 Å². The van der Waals surface area contributed by atoms with Crippen LogP contribution in [-0.4, -0.2) is 34.5 Å². The number of aromatic nitrogens is 3. The first-order chi connectivity index (χ1) is 12.6. The molecular weight excluding hydrogens is 354 g/mol. The summed E-state index contributed by atoms with van der Waals surface area (Å²) < 4.78 is 12.0. The molecule has 0 aliphatic rings. The highest BCUT2D eigenvalue weighted by atomic mass is 35.5. The molecule has 0 amide bonds. The van der Waals surface area contributed by atoms with Gasteiger partial charge >= 0.3 is 5.97 Å². The molecule has 3 aromatic rings. The van der Waals surface area contributed by atoms with E-state index in [0.717, 1.165) is 16.7 Å². The molecule has 0 aliphatic carbocycles. The van der Waals surface area contributed by atoms with Gasteiger partial charge in [-0.2, -0.15) is 5.10 Å². The van der Waals surface area contributed by atoms with Gasteiger partial charge in [-0.05, 0) is 36.2 Å². The molecular formula is C19H18ClN3O3. The third-order valence-electron chi connectivity index (χ3n) is 3.73. The topological polar surface area (TPSA) is 66.2 Å². The van der Waals surface area contributed by atoms with Crippen molar-refractivity contribution in [3.05, 3.63) is 65.1 Å². The Bertz CT molecular complexity index is 924. The molecule has 0 spiro atoms. The number of rotatable bonds is 6. The minimum atomic E-state index is -0.383. The standard InChI is InChI=1S/C19H18ClN3O3/c1-3-26-19(24)15-10-22-23(12-15)11-13-7-17(18(25-2)21-9-13)14-5-4-6-16(20)8-14/h4-10,12H,3,11H2,1-2H3. The lowest BCUT2D eigenvalue weighted by Crippen LogP contribution is -2.04. The SMILES string of the molecule is CCOC(=O)c1cnn(Cc2cnc(OC)c(-c3cccc(Cl)c3)c2)c1. The number of hydrogen-bond acceptors (Lipinski definition) is 5. The summed E-state index contributed by atoms with van der Waals surface area (Å²) in [5, 5.41) is 4.85. The molecule has 2 aromatic heterocycles. The zero-order valence-corrected chi connectivity index (χ0v) is 15.2. The summed E-state index contributed by atoms with van der Waals surface area (Å²) in [6.07, 6.45) is 4.87. The highest BCUT2D eigenvalue weighted by Gasteiger charge is 2.12. The van der Waals surface area contributed by atoms with Gasteiger partial charge in [-0.1, -0.05) is 23.7 Å². The maximum atomic E-state index is 11.7. The van der Waals surface area contributed by atoms with Crippen molar-refractivity contribution in [3.8, 4) is 17.0 Å². The Morgan fingerprint density at radius 2 is 2.12 bits per heavy atom. The second-order valence-corrected chi connectivity index (χ2v) is 5.99. The number of benzene rings is 1.